The maximum Gasteiger partial charge on any atom is 0.302 e. The summed E-state index contributed by atoms with van der Waals surface area (Å²) in [6.45, 7) is 13.5. The Bertz CT molecular complexity index is 726. The molecule has 1 N–H and O–H groups in total. The number of ether oxygens (including phenoxy) is 1. The summed E-state index contributed by atoms with van der Waals surface area (Å²) in [6.07, 6.45) is 14.2. The molecule has 0 amide bonds. The zero-order valence-electron chi connectivity index (χ0n) is 21.5. The third-order valence-corrected chi connectivity index (χ3v) is 10.7. The van der Waals surface area contributed by atoms with Crippen molar-refractivity contribution in [1.29, 1.82) is 0 Å². The molecule has 0 bridgehead atoms. The molecule has 3 fully saturated rings. The smallest absolute Gasteiger partial charge is 0.302 e. The van der Waals surface area contributed by atoms with E-state index in [0.29, 0.717) is 28.6 Å². The second-order valence-electron chi connectivity index (χ2n) is 12.9. The molecule has 9 atom stereocenters. The molecule has 3 nitrogen and oxygen atoms in total. The van der Waals surface area contributed by atoms with E-state index in [-0.39, 0.29) is 18.2 Å². The Labute approximate surface area is 196 Å². The zero-order valence-corrected chi connectivity index (χ0v) is 21.5. The van der Waals surface area contributed by atoms with E-state index in [9.17, 15) is 9.90 Å². The third kappa shape index (κ3) is 4.21. The van der Waals surface area contributed by atoms with Crippen LogP contribution in [-0.4, -0.2) is 23.3 Å². The molecule has 0 aromatic heterocycles. The predicted molar refractivity (Wildman–Crippen MR) is 130 cm³/mol. The fourth-order valence-electron chi connectivity index (χ4n) is 8.90. The molecule has 0 aromatic carbocycles. The van der Waals surface area contributed by atoms with Gasteiger partial charge in [-0.1, -0.05) is 46.3 Å². The van der Waals surface area contributed by atoms with E-state index >= 15 is 0 Å². The van der Waals surface area contributed by atoms with Crippen LogP contribution >= 0.6 is 0 Å². The lowest BCUT2D eigenvalue weighted by molar-refractivity contribution is -0.148. The summed E-state index contributed by atoms with van der Waals surface area (Å²) in [5.74, 6) is 3.96. The lowest BCUT2D eigenvalue weighted by Gasteiger charge is -2.58. The van der Waals surface area contributed by atoms with Gasteiger partial charge in [-0.3, -0.25) is 4.79 Å². The zero-order chi connectivity index (χ0) is 23.3. The fourth-order valence-corrected chi connectivity index (χ4v) is 8.90. The minimum absolute atomic E-state index is 0.0845. The van der Waals surface area contributed by atoms with Gasteiger partial charge in [0.05, 0.1) is 6.10 Å². The maximum atomic E-state index is 11.5. The number of allylic oxidation sites excluding steroid dienone is 1. The van der Waals surface area contributed by atoms with E-state index in [2.05, 4.69) is 40.7 Å². The summed E-state index contributed by atoms with van der Waals surface area (Å²) < 4.78 is 5.60. The normalized spacial score (nSPS) is 43.0. The first-order chi connectivity index (χ1) is 15.1. The van der Waals surface area contributed by atoms with Crippen LogP contribution in [0.3, 0.4) is 0 Å². The van der Waals surface area contributed by atoms with Gasteiger partial charge >= 0.3 is 5.97 Å². The first kappa shape index (κ1) is 24.3. The van der Waals surface area contributed by atoms with Crippen LogP contribution in [0.25, 0.3) is 0 Å². The topological polar surface area (TPSA) is 46.5 Å². The third-order valence-electron chi connectivity index (χ3n) is 10.7. The Morgan fingerprint density at radius 1 is 1.09 bits per heavy atom. The Kier molecular flexibility index (Phi) is 6.90. The van der Waals surface area contributed by atoms with Gasteiger partial charge in [-0.05, 0) is 104 Å². The molecule has 0 radical (unpaired) electrons. The molecule has 9 unspecified atom stereocenters. The first-order valence-corrected chi connectivity index (χ1v) is 13.6. The summed E-state index contributed by atoms with van der Waals surface area (Å²) in [4.78, 5) is 11.5. The van der Waals surface area contributed by atoms with E-state index in [0.717, 1.165) is 49.9 Å². The van der Waals surface area contributed by atoms with Crippen molar-refractivity contribution in [3.63, 3.8) is 0 Å². The van der Waals surface area contributed by atoms with Crippen molar-refractivity contribution in [3.8, 4) is 0 Å². The highest BCUT2D eigenvalue weighted by molar-refractivity contribution is 5.66. The van der Waals surface area contributed by atoms with Crippen LogP contribution in [0.1, 0.15) is 106 Å². The van der Waals surface area contributed by atoms with Crippen LogP contribution < -0.4 is 0 Å². The van der Waals surface area contributed by atoms with Crippen molar-refractivity contribution in [1.82, 2.24) is 0 Å². The average Bonchev–Trinajstić information content (AvgIpc) is 3.08. The van der Waals surface area contributed by atoms with Crippen LogP contribution in [0, 0.1) is 46.3 Å². The fraction of sp³-hybridized carbons (Fsp3) is 0.897. The molecule has 0 spiro atoms. The minimum atomic E-state index is -0.150. The van der Waals surface area contributed by atoms with Crippen molar-refractivity contribution < 1.29 is 14.6 Å². The number of aliphatic hydroxyl groups is 1. The quantitative estimate of drug-likeness (QED) is 0.357. The number of fused-ring (bicyclic) bond motifs is 5. The van der Waals surface area contributed by atoms with Gasteiger partial charge in [-0.15, -0.1) is 0 Å². The molecule has 0 aliphatic heterocycles. The van der Waals surface area contributed by atoms with E-state index in [1.165, 1.54) is 32.1 Å². The highest BCUT2D eigenvalue weighted by Crippen LogP contribution is 2.67. The predicted octanol–water partition coefficient (Wildman–Crippen LogP) is 6.93. The Balaban J connectivity index is 1.49. The number of esters is 1. The Morgan fingerprint density at radius 3 is 2.53 bits per heavy atom. The van der Waals surface area contributed by atoms with Gasteiger partial charge < -0.3 is 9.84 Å². The van der Waals surface area contributed by atoms with Crippen molar-refractivity contribution in [3.05, 3.63) is 11.6 Å². The lowest BCUT2D eigenvalue weighted by atomic mass is 9.47. The molecule has 3 heteroatoms. The van der Waals surface area contributed by atoms with Gasteiger partial charge in [-0.25, -0.2) is 0 Å². The summed E-state index contributed by atoms with van der Waals surface area (Å²) in [7, 11) is 0. The van der Waals surface area contributed by atoms with E-state index in [4.69, 9.17) is 4.74 Å². The molecule has 0 heterocycles. The van der Waals surface area contributed by atoms with Gasteiger partial charge in [0.25, 0.3) is 0 Å². The largest absolute Gasteiger partial charge is 0.462 e. The van der Waals surface area contributed by atoms with E-state index < -0.39 is 0 Å². The van der Waals surface area contributed by atoms with Crippen molar-refractivity contribution >= 4 is 5.97 Å². The summed E-state index contributed by atoms with van der Waals surface area (Å²) in [5, 5.41) is 11.0. The van der Waals surface area contributed by atoms with Gasteiger partial charge in [0, 0.05) is 13.3 Å². The van der Waals surface area contributed by atoms with Crippen molar-refractivity contribution in [2.75, 3.05) is 0 Å². The van der Waals surface area contributed by atoms with Crippen LogP contribution in [0.2, 0.25) is 0 Å². The molecule has 182 valence electrons. The molecule has 32 heavy (non-hydrogen) atoms. The standard InChI is InChI=1S/C29H48O3/c1-18(2)7-12-27(31)19(3)24-10-11-25-23-9-8-21-17-22(32-20(4)30)13-15-28(21,5)26(23)14-16-29(24,25)6/h8,18-19,22-27,31H,7,9-17H2,1-6H3. The molecule has 4 rings (SSSR count). The van der Waals surface area contributed by atoms with Gasteiger partial charge in [-0.2, -0.15) is 0 Å². The Hall–Kier alpha value is -0.830. The number of hydrogen-bond acceptors (Lipinski definition) is 3. The van der Waals surface area contributed by atoms with Gasteiger partial charge in [0.15, 0.2) is 0 Å². The second kappa shape index (κ2) is 9.08. The summed E-state index contributed by atoms with van der Waals surface area (Å²) in [5.41, 5.74) is 2.25. The molecular weight excluding hydrogens is 396 g/mol. The van der Waals surface area contributed by atoms with Crippen LogP contribution in [0.15, 0.2) is 11.6 Å². The lowest BCUT2D eigenvalue weighted by Crippen LogP contribution is -2.51. The molecule has 0 saturated heterocycles. The van der Waals surface area contributed by atoms with Gasteiger partial charge in [0.1, 0.15) is 6.10 Å². The number of rotatable bonds is 6. The number of aliphatic hydroxyl groups excluding tert-OH is 1. The highest BCUT2D eigenvalue weighted by Gasteiger charge is 2.59. The molecule has 4 aliphatic carbocycles. The Morgan fingerprint density at radius 2 is 1.84 bits per heavy atom. The maximum absolute atomic E-state index is 11.5. The van der Waals surface area contributed by atoms with Crippen molar-refractivity contribution in [2.24, 2.45) is 46.3 Å². The summed E-state index contributed by atoms with van der Waals surface area (Å²) in [6, 6.07) is 0. The molecule has 4 aliphatic rings. The van der Waals surface area contributed by atoms with Crippen LogP contribution in [0.4, 0.5) is 0 Å². The first-order valence-electron chi connectivity index (χ1n) is 13.6. The highest BCUT2D eigenvalue weighted by atomic mass is 16.5. The molecule has 3 saturated carbocycles. The monoisotopic (exact) mass is 444 g/mol. The second-order valence-corrected chi connectivity index (χ2v) is 12.9. The number of carbonyl (C=O) groups is 1. The number of hydrogen-bond donors (Lipinski definition) is 1. The van der Waals surface area contributed by atoms with Gasteiger partial charge in [0.2, 0.25) is 0 Å². The van der Waals surface area contributed by atoms with E-state index in [1.807, 2.05) is 0 Å². The molecule has 0 aromatic rings. The minimum Gasteiger partial charge on any atom is -0.462 e. The van der Waals surface area contributed by atoms with Crippen molar-refractivity contribution in [2.45, 2.75) is 118 Å². The van der Waals surface area contributed by atoms with E-state index in [1.54, 1.807) is 12.5 Å². The molecular formula is C29H48O3. The van der Waals surface area contributed by atoms with Crippen LogP contribution in [-0.2, 0) is 9.53 Å². The number of carbonyl (C=O) groups excluding carboxylic acids is 1. The van der Waals surface area contributed by atoms with Crippen LogP contribution in [0.5, 0.6) is 0 Å². The summed E-state index contributed by atoms with van der Waals surface area (Å²) >= 11 is 0. The SMILES string of the molecule is CC(=O)OC1CCC2(C)C(=CCC3C2CCC2(C)C(C(C)C(O)CCC(C)C)CCC32)C1. The average molecular weight is 445 g/mol.